The van der Waals surface area contributed by atoms with Crippen LogP contribution in [0, 0.1) is 0 Å². The summed E-state index contributed by atoms with van der Waals surface area (Å²) < 4.78 is 1.72. The highest BCUT2D eigenvalue weighted by molar-refractivity contribution is 9.10. The molecule has 0 aliphatic rings. The first-order valence-corrected chi connectivity index (χ1v) is 7.22. The number of hydrazone groups is 1. The van der Waals surface area contributed by atoms with Gasteiger partial charge < -0.3 is 5.11 Å². The fraction of sp³-hybridized carbons (Fsp3) is 0. The van der Waals surface area contributed by atoms with E-state index in [9.17, 15) is 9.90 Å². The zero-order chi connectivity index (χ0) is 14.5. The van der Waals surface area contributed by atoms with E-state index in [0.717, 1.165) is 8.95 Å². The first-order valence-electron chi connectivity index (χ1n) is 5.64. The van der Waals surface area contributed by atoms with Gasteiger partial charge >= 0.3 is 0 Å². The average Bonchev–Trinajstić information content (AvgIpc) is 2.43. The van der Waals surface area contributed by atoms with Crippen molar-refractivity contribution >= 4 is 44.0 Å². The molecule has 0 bridgehead atoms. The van der Waals surface area contributed by atoms with Crippen molar-refractivity contribution in [3.8, 4) is 5.75 Å². The molecular formula is C14H10Br2N2O2. The van der Waals surface area contributed by atoms with Gasteiger partial charge in [-0.1, -0.05) is 31.9 Å². The summed E-state index contributed by atoms with van der Waals surface area (Å²) in [5, 5.41) is 13.4. The van der Waals surface area contributed by atoms with Crippen LogP contribution in [0.15, 0.2) is 56.5 Å². The van der Waals surface area contributed by atoms with Crippen LogP contribution in [0.1, 0.15) is 15.9 Å². The minimum absolute atomic E-state index is 0.0924. The number of carbonyl (C=O) groups is 1. The van der Waals surface area contributed by atoms with Gasteiger partial charge in [0.2, 0.25) is 0 Å². The van der Waals surface area contributed by atoms with E-state index in [0.29, 0.717) is 11.1 Å². The summed E-state index contributed by atoms with van der Waals surface area (Å²) >= 11 is 6.60. The molecule has 0 aromatic heterocycles. The van der Waals surface area contributed by atoms with Gasteiger partial charge in [0.1, 0.15) is 5.75 Å². The molecule has 2 aromatic rings. The van der Waals surface area contributed by atoms with E-state index >= 15 is 0 Å². The number of phenols is 1. The first-order chi connectivity index (χ1) is 9.56. The van der Waals surface area contributed by atoms with Crippen LogP contribution in [-0.2, 0) is 0 Å². The molecule has 0 unspecified atom stereocenters. The molecule has 20 heavy (non-hydrogen) atoms. The van der Waals surface area contributed by atoms with Crippen molar-refractivity contribution in [3.05, 3.63) is 62.5 Å². The molecule has 0 atom stereocenters. The van der Waals surface area contributed by atoms with Crippen molar-refractivity contribution in [1.29, 1.82) is 0 Å². The second-order valence-corrected chi connectivity index (χ2v) is 5.74. The Morgan fingerprint density at radius 3 is 2.45 bits per heavy atom. The van der Waals surface area contributed by atoms with Gasteiger partial charge in [0.15, 0.2) is 0 Å². The molecule has 2 rings (SSSR count). The van der Waals surface area contributed by atoms with E-state index in [1.807, 2.05) is 0 Å². The SMILES string of the molecule is O=C(NN=Cc1cc(Br)ccc1O)c1ccc(Br)cc1. The second-order valence-electron chi connectivity index (χ2n) is 3.91. The normalized spacial score (nSPS) is 10.7. The summed E-state index contributed by atoms with van der Waals surface area (Å²) in [5.41, 5.74) is 3.42. The van der Waals surface area contributed by atoms with Crippen LogP contribution < -0.4 is 5.43 Å². The van der Waals surface area contributed by atoms with E-state index in [-0.39, 0.29) is 11.7 Å². The van der Waals surface area contributed by atoms with Gasteiger partial charge in [0.05, 0.1) is 6.21 Å². The number of nitrogens with zero attached hydrogens (tertiary/aromatic N) is 1. The van der Waals surface area contributed by atoms with Crippen molar-refractivity contribution in [1.82, 2.24) is 5.43 Å². The smallest absolute Gasteiger partial charge is 0.271 e. The van der Waals surface area contributed by atoms with Crippen LogP contribution in [-0.4, -0.2) is 17.2 Å². The van der Waals surface area contributed by atoms with Gasteiger partial charge in [-0.3, -0.25) is 4.79 Å². The topological polar surface area (TPSA) is 61.7 Å². The molecule has 0 aliphatic heterocycles. The number of rotatable bonds is 3. The number of amides is 1. The Morgan fingerprint density at radius 2 is 1.75 bits per heavy atom. The Balaban J connectivity index is 2.04. The van der Waals surface area contributed by atoms with Crippen LogP contribution >= 0.6 is 31.9 Å². The molecule has 1 amide bonds. The predicted molar refractivity (Wildman–Crippen MR) is 85.0 cm³/mol. The standard InChI is InChI=1S/C14H10Br2N2O2/c15-11-3-1-9(2-4-11)14(20)18-17-8-10-7-12(16)5-6-13(10)19/h1-8,19H,(H,18,20). The monoisotopic (exact) mass is 396 g/mol. The highest BCUT2D eigenvalue weighted by atomic mass is 79.9. The Bertz CT molecular complexity index is 655. The largest absolute Gasteiger partial charge is 0.507 e. The Morgan fingerprint density at radius 1 is 1.10 bits per heavy atom. The van der Waals surface area contributed by atoms with Crippen molar-refractivity contribution in [3.63, 3.8) is 0 Å². The molecule has 0 spiro atoms. The minimum Gasteiger partial charge on any atom is -0.507 e. The second kappa shape index (κ2) is 6.67. The Hall–Kier alpha value is -1.66. The number of hydrogen-bond donors (Lipinski definition) is 2. The summed E-state index contributed by atoms with van der Waals surface area (Å²) in [4.78, 5) is 11.8. The third-order valence-corrected chi connectivity index (χ3v) is 3.49. The van der Waals surface area contributed by atoms with Gasteiger partial charge in [-0.05, 0) is 42.5 Å². The molecule has 0 heterocycles. The predicted octanol–water partition coefficient (Wildman–Crippen LogP) is 3.68. The lowest BCUT2D eigenvalue weighted by atomic mass is 10.2. The number of nitrogens with one attached hydrogen (secondary N) is 1. The van der Waals surface area contributed by atoms with E-state index in [1.165, 1.54) is 6.21 Å². The number of aromatic hydroxyl groups is 1. The molecule has 4 nitrogen and oxygen atoms in total. The van der Waals surface area contributed by atoms with E-state index in [2.05, 4.69) is 42.4 Å². The fourth-order valence-corrected chi connectivity index (χ4v) is 2.10. The fourth-order valence-electron chi connectivity index (χ4n) is 1.46. The molecular weight excluding hydrogens is 388 g/mol. The van der Waals surface area contributed by atoms with Crippen molar-refractivity contribution in [2.45, 2.75) is 0 Å². The zero-order valence-corrected chi connectivity index (χ0v) is 13.3. The van der Waals surface area contributed by atoms with Crippen LogP contribution in [0.5, 0.6) is 5.75 Å². The van der Waals surface area contributed by atoms with E-state index in [4.69, 9.17) is 0 Å². The third-order valence-electron chi connectivity index (χ3n) is 2.47. The molecule has 0 radical (unpaired) electrons. The molecule has 2 N–H and O–H groups in total. The zero-order valence-electron chi connectivity index (χ0n) is 10.2. The van der Waals surface area contributed by atoms with E-state index < -0.39 is 0 Å². The van der Waals surface area contributed by atoms with Crippen molar-refractivity contribution in [2.75, 3.05) is 0 Å². The van der Waals surface area contributed by atoms with Crippen molar-refractivity contribution in [2.24, 2.45) is 5.10 Å². The lowest BCUT2D eigenvalue weighted by Gasteiger charge is -2.01. The minimum atomic E-state index is -0.316. The molecule has 0 fully saturated rings. The van der Waals surface area contributed by atoms with Crippen molar-refractivity contribution < 1.29 is 9.90 Å². The molecule has 102 valence electrons. The maximum absolute atomic E-state index is 11.8. The maximum Gasteiger partial charge on any atom is 0.271 e. The molecule has 6 heteroatoms. The van der Waals surface area contributed by atoms with Gasteiger partial charge in [0.25, 0.3) is 5.91 Å². The molecule has 0 aliphatic carbocycles. The van der Waals surface area contributed by atoms with Gasteiger partial charge in [-0.2, -0.15) is 5.10 Å². The number of carbonyl (C=O) groups excluding carboxylic acids is 1. The van der Waals surface area contributed by atoms with Crippen LogP contribution in [0.4, 0.5) is 0 Å². The summed E-state index contributed by atoms with van der Waals surface area (Å²) in [5.74, 6) is -0.224. The highest BCUT2D eigenvalue weighted by Gasteiger charge is 2.03. The number of hydrogen-bond acceptors (Lipinski definition) is 3. The average molecular weight is 398 g/mol. The quantitative estimate of drug-likeness (QED) is 0.612. The number of phenolic OH excluding ortho intramolecular Hbond substituents is 1. The molecule has 0 saturated heterocycles. The van der Waals surface area contributed by atoms with Crippen LogP contribution in [0.2, 0.25) is 0 Å². The lowest BCUT2D eigenvalue weighted by molar-refractivity contribution is 0.0955. The Kier molecular flexibility index (Phi) is 4.92. The summed E-state index contributed by atoms with van der Waals surface area (Å²) in [6.07, 6.45) is 1.39. The number of halogens is 2. The highest BCUT2D eigenvalue weighted by Crippen LogP contribution is 2.19. The Labute approximate surface area is 132 Å². The molecule has 0 saturated carbocycles. The van der Waals surface area contributed by atoms with Crippen LogP contribution in [0.3, 0.4) is 0 Å². The number of benzene rings is 2. The van der Waals surface area contributed by atoms with Gasteiger partial charge in [0, 0.05) is 20.1 Å². The van der Waals surface area contributed by atoms with Gasteiger partial charge in [-0.15, -0.1) is 0 Å². The van der Waals surface area contributed by atoms with Crippen LogP contribution in [0.25, 0.3) is 0 Å². The summed E-state index contributed by atoms with van der Waals surface area (Å²) in [7, 11) is 0. The summed E-state index contributed by atoms with van der Waals surface area (Å²) in [6, 6.07) is 11.9. The maximum atomic E-state index is 11.8. The third kappa shape index (κ3) is 3.91. The van der Waals surface area contributed by atoms with E-state index in [1.54, 1.807) is 42.5 Å². The lowest BCUT2D eigenvalue weighted by Crippen LogP contribution is -2.17. The summed E-state index contributed by atoms with van der Waals surface area (Å²) in [6.45, 7) is 0. The molecule has 2 aromatic carbocycles. The first kappa shape index (κ1) is 14.7. The van der Waals surface area contributed by atoms with Gasteiger partial charge in [-0.25, -0.2) is 5.43 Å².